The molecule has 0 spiro atoms. The maximum Gasteiger partial charge on any atom is 0.222 e. The SMILES string of the molecule is COc1ccc2nccc([C@@H](O)[C@@H](O)[C@@H]3CC[C@@H](NCC=Cc4cc(F)ccc4F)[C@@H](CC(=O)NCCO)O3)c2n1. The second-order valence-corrected chi connectivity index (χ2v) is 9.71. The average Bonchev–Trinajstić information content (AvgIpc) is 2.99. The van der Waals surface area contributed by atoms with Crippen LogP contribution in [-0.4, -0.2) is 82.4 Å². The van der Waals surface area contributed by atoms with Crippen molar-refractivity contribution in [2.75, 3.05) is 26.8 Å². The molecule has 1 fully saturated rings. The smallest absolute Gasteiger partial charge is 0.222 e. The highest BCUT2D eigenvalue weighted by molar-refractivity contribution is 5.78. The number of nitrogens with one attached hydrogen (secondary N) is 2. The highest BCUT2D eigenvalue weighted by Crippen LogP contribution is 2.32. The Kier molecular flexibility index (Phi) is 10.7. The molecule has 0 saturated carbocycles. The van der Waals surface area contributed by atoms with Gasteiger partial charge in [-0.05, 0) is 43.2 Å². The van der Waals surface area contributed by atoms with Crippen molar-refractivity contribution in [3.05, 3.63) is 71.4 Å². The van der Waals surface area contributed by atoms with Gasteiger partial charge in [0.15, 0.2) is 0 Å². The van der Waals surface area contributed by atoms with Crippen molar-refractivity contribution in [1.29, 1.82) is 0 Å². The van der Waals surface area contributed by atoms with E-state index in [1.165, 1.54) is 19.4 Å². The van der Waals surface area contributed by atoms with Crippen LogP contribution in [0, 0.1) is 11.6 Å². The summed E-state index contributed by atoms with van der Waals surface area (Å²) >= 11 is 0. The Balaban J connectivity index is 1.46. The summed E-state index contributed by atoms with van der Waals surface area (Å²) in [5.74, 6) is -1.11. The summed E-state index contributed by atoms with van der Waals surface area (Å²) in [5, 5.41) is 37.2. The molecule has 220 valence electrons. The number of pyridine rings is 2. The van der Waals surface area contributed by atoms with Gasteiger partial charge >= 0.3 is 0 Å². The largest absolute Gasteiger partial charge is 0.481 e. The Labute approximate surface area is 236 Å². The predicted molar refractivity (Wildman–Crippen MR) is 147 cm³/mol. The van der Waals surface area contributed by atoms with Crippen molar-refractivity contribution in [2.45, 2.75) is 49.7 Å². The van der Waals surface area contributed by atoms with E-state index >= 15 is 0 Å². The number of benzene rings is 1. The molecule has 1 amide bonds. The lowest BCUT2D eigenvalue weighted by molar-refractivity contribution is -0.153. The van der Waals surface area contributed by atoms with Crippen molar-refractivity contribution >= 4 is 23.0 Å². The van der Waals surface area contributed by atoms with Gasteiger partial charge in [0.25, 0.3) is 0 Å². The highest BCUT2D eigenvalue weighted by Gasteiger charge is 2.38. The van der Waals surface area contributed by atoms with Gasteiger partial charge in [-0.2, -0.15) is 0 Å². The number of carbonyl (C=O) groups is 1. The van der Waals surface area contributed by atoms with Crippen LogP contribution in [-0.2, 0) is 9.53 Å². The molecule has 10 nitrogen and oxygen atoms in total. The molecule has 0 unspecified atom stereocenters. The summed E-state index contributed by atoms with van der Waals surface area (Å²) in [4.78, 5) is 21.1. The number of nitrogens with zero attached hydrogens (tertiary/aromatic N) is 2. The molecule has 12 heteroatoms. The van der Waals surface area contributed by atoms with Gasteiger partial charge in [0.1, 0.15) is 23.8 Å². The van der Waals surface area contributed by atoms with Crippen molar-refractivity contribution < 1.29 is 38.4 Å². The second kappa shape index (κ2) is 14.4. The van der Waals surface area contributed by atoms with Crippen LogP contribution in [0.3, 0.4) is 0 Å². The number of hydrogen-bond acceptors (Lipinski definition) is 9. The molecule has 2 aromatic heterocycles. The van der Waals surface area contributed by atoms with Crippen molar-refractivity contribution in [3.8, 4) is 5.88 Å². The minimum absolute atomic E-state index is 0.0594. The standard InChI is InChI=1S/C29H34F2N4O6/c1-40-26-9-7-22-27(35-26)19(10-12-33-22)28(38)29(39)23-8-6-21(24(41-23)16-25(37)34-13-14-36)32-11-2-3-17-15-18(30)4-5-20(17)31/h2-5,7,9-10,12,15,21,23-24,28-29,32,36,38-39H,6,8,11,13-14,16H2,1H3,(H,34,37)/t21-,23+,24-,28-,29+/m1/s1. The molecule has 5 atom stereocenters. The van der Waals surface area contributed by atoms with Gasteiger partial charge in [-0.3, -0.25) is 9.78 Å². The fourth-order valence-electron chi connectivity index (χ4n) is 4.86. The lowest BCUT2D eigenvalue weighted by Gasteiger charge is -2.39. The fraction of sp³-hybridized carbons (Fsp3) is 0.414. The highest BCUT2D eigenvalue weighted by atomic mass is 19.1. The third-order valence-electron chi connectivity index (χ3n) is 6.96. The number of ether oxygens (including phenoxy) is 2. The molecule has 1 saturated heterocycles. The van der Waals surface area contributed by atoms with Crippen LogP contribution in [0.5, 0.6) is 5.88 Å². The minimum atomic E-state index is -1.36. The van der Waals surface area contributed by atoms with Crippen molar-refractivity contribution in [2.24, 2.45) is 0 Å². The van der Waals surface area contributed by atoms with Gasteiger partial charge in [-0.25, -0.2) is 13.8 Å². The summed E-state index contributed by atoms with van der Waals surface area (Å²) in [5.41, 5.74) is 1.37. The number of rotatable bonds is 12. The van der Waals surface area contributed by atoms with Gasteiger partial charge < -0.3 is 35.4 Å². The van der Waals surface area contributed by atoms with E-state index in [-0.39, 0.29) is 43.6 Å². The Morgan fingerprint density at radius 1 is 1.22 bits per heavy atom. The summed E-state index contributed by atoms with van der Waals surface area (Å²) in [6.45, 7) is 0.152. The zero-order chi connectivity index (χ0) is 29.4. The monoisotopic (exact) mass is 572 g/mol. The first-order chi connectivity index (χ1) is 19.8. The molecular formula is C29H34F2N4O6. The van der Waals surface area contributed by atoms with Crippen molar-refractivity contribution in [1.82, 2.24) is 20.6 Å². The van der Waals surface area contributed by atoms with Gasteiger partial charge in [-0.1, -0.05) is 12.2 Å². The van der Waals surface area contributed by atoms with E-state index in [1.807, 2.05) is 0 Å². The molecule has 1 aliphatic rings. The third kappa shape index (κ3) is 7.80. The predicted octanol–water partition coefficient (Wildman–Crippen LogP) is 2.03. The zero-order valence-electron chi connectivity index (χ0n) is 22.5. The quantitative estimate of drug-likeness (QED) is 0.220. The topological polar surface area (TPSA) is 146 Å². The Hall–Kier alpha value is -3.55. The second-order valence-electron chi connectivity index (χ2n) is 9.71. The summed E-state index contributed by atoms with van der Waals surface area (Å²) in [6.07, 6.45) is 1.24. The molecule has 4 rings (SSSR count). The minimum Gasteiger partial charge on any atom is -0.481 e. The van der Waals surface area contributed by atoms with Crippen LogP contribution in [0.25, 0.3) is 17.1 Å². The first-order valence-electron chi connectivity index (χ1n) is 13.3. The van der Waals surface area contributed by atoms with Gasteiger partial charge in [0, 0.05) is 42.5 Å². The average molecular weight is 573 g/mol. The number of hydrogen-bond donors (Lipinski definition) is 5. The molecular weight excluding hydrogens is 538 g/mol. The van der Waals surface area contributed by atoms with Gasteiger partial charge in [0.2, 0.25) is 11.8 Å². The number of amides is 1. The first kappa shape index (κ1) is 30.4. The Morgan fingerprint density at radius 3 is 2.83 bits per heavy atom. The molecule has 5 N–H and O–H groups in total. The van der Waals surface area contributed by atoms with Gasteiger partial charge in [-0.15, -0.1) is 0 Å². The van der Waals surface area contributed by atoms with Crippen LogP contribution in [0.1, 0.15) is 36.5 Å². The number of methoxy groups -OCH3 is 1. The van der Waals surface area contributed by atoms with E-state index in [0.717, 1.165) is 18.2 Å². The van der Waals surface area contributed by atoms with Crippen LogP contribution in [0.4, 0.5) is 8.78 Å². The maximum atomic E-state index is 13.9. The van der Waals surface area contributed by atoms with Crippen LogP contribution < -0.4 is 15.4 Å². The number of fused-ring (bicyclic) bond motifs is 1. The summed E-state index contributed by atoms with van der Waals surface area (Å²) in [7, 11) is 1.47. The number of aliphatic hydroxyl groups excluding tert-OH is 3. The molecule has 1 aromatic carbocycles. The lowest BCUT2D eigenvalue weighted by Crippen LogP contribution is -2.52. The fourth-order valence-corrected chi connectivity index (χ4v) is 4.86. The third-order valence-corrected chi connectivity index (χ3v) is 6.96. The van der Waals surface area contributed by atoms with Crippen molar-refractivity contribution in [3.63, 3.8) is 0 Å². The summed E-state index contributed by atoms with van der Waals surface area (Å²) < 4.78 is 38.7. The zero-order valence-corrected chi connectivity index (χ0v) is 22.5. The molecule has 3 aromatic rings. The number of carbonyl (C=O) groups excluding carboxylic acids is 1. The maximum absolute atomic E-state index is 13.9. The van der Waals surface area contributed by atoms with Gasteiger partial charge in [0.05, 0.1) is 43.4 Å². The molecule has 3 heterocycles. The Morgan fingerprint density at radius 2 is 2.05 bits per heavy atom. The summed E-state index contributed by atoms with van der Waals surface area (Å²) in [6, 6.07) is 7.81. The number of halogens is 2. The molecule has 1 aliphatic heterocycles. The molecule has 0 radical (unpaired) electrons. The molecule has 0 bridgehead atoms. The number of aliphatic hydroxyl groups is 3. The first-order valence-corrected chi connectivity index (χ1v) is 13.3. The molecule has 0 aliphatic carbocycles. The van der Waals surface area contributed by atoms with Crippen LogP contribution in [0.15, 0.2) is 48.7 Å². The van der Waals surface area contributed by atoms with E-state index in [9.17, 15) is 23.8 Å². The van der Waals surface area contributed by atoms with E-state index < -0.39 is 36.1 Å². The Bertz CT molecular complexity index is 1360. The van der Waals surface area contributed by atoms with E-state index in [1.54, 1.807) is 24.3 Å². The van der Waals surface area contributed by atoms with E-state index in [0.29, 0.717) is 35.3 Å². The molecule has 41 heavy (non-hydrogen) atoms. The van der Waals surface area contributed by atoms with E-state index in [2.05, 4.69) is 20.6 Å². The normalized spacial score (nSPS) is 20.7. The number of aromatic nitrogens is 2. The van der Waals surface area contributed by atoms with Crippen LogP contribution >= 0.6 is 0 Å². The lowest BCUT2D eigenvalue weighted by atomic mass is 9.90. The van der Waals surface area contributed by atoms with Crippen LogP contribution in [0.2, 0.25) is 0 Å². The van der Waals surface area contributed by atoms with E-state index in [4.69, 9.17) is 14.6 Å².